The minimum Gasteiger partial charge on any atom is -0.496 e. The number of benzene rings is 2. The number of nitrogens with one attached hydrogen (secondary N) is 2. The predicted molar refractivity (Wildman–Crippen MR) is 114 cm³/mol. The first kappa shape index (κ1) is 19.2. The summed E-state index contributed by atoms with van der Waals surface area (Å²) in [5.74, 6) is 1.48. The van der Waals surface area contributed by atoms with E-state index in [9.17, 15) is 9.59 Å². The van der Waals surface area contributed by atoms with Crippen molar-refractivity contribution in [3.8, 4) is 5.75 Å². The van der Waals surface area contributed by atoms with Gasteiger partial charge in [-0.2, -0.15) is 0 Å². The van der Waals surface area contributed by atoms with Gasteiger partial charge in [0.2, 0.25) is 0 Å². The minimum absolute atomic E-state index is 0.190. The molecule has 0 amide bonds. The van der Waals surface area contributed by atoms with Gasteiger partial charge in [-0.15, -0.1) is 0 Å². The topological polar surface area (TPSA) is 75.0 Å². The van der Waals surface area contributed by atoms with Crippen LogP contribution in [0, 0.1) is 0 Å². The van der Waals surface area contributed by atoms with Crippen molar-refractivity contribution >= 4 is 0 Å². The van der Waals surface area contributed by atoms with Gasteiger partial charge in [0.1, 0.15) is 5.75 Å². The van der Waals surface area contributed by atoms with Crippen LogP contribution < -0.4 is 16.0 Å². The second kappa shape index (κ2) is 8.52. The third kappa shape index (κ3) is 4.19. The highest BCUT2D eigenvalue weighted by Gasteiger charge is 2.27. The molecule has 0 spiro atoms. The maximum atomic E-state index is 12.7. The van der Waals surface area contributed by atoms with E-state index in [1.807, 2.05) is 30.3 Å². The second-order valence-electron chi connectivity index (χ2n) is 7.75. The number of H-pyrrole nitrogens is 2. The first-order valence-electron chi connectivity index (χ1n) is 10.2. The van der Waals surface area contributed by atoms with Crippen LogP contribution >= 0.6 is 0 Å². The fraction of sp³-hybridized carbons (Fsp3) is 0.333. The quantitative estimate of drug-likeness (QED) is 0.689. The number of ether oxygens (including phenoxy) is 1. The van der Waals surface area contributed by atoms with Crippen LogP contribution in [0.4, 0.5) is 0 Å². The Labute approximate surface area is 169 Å². The lowest BCUT2D eigenvalue weighted by Crippen LogP contribution is -2.30. The number of aromatic amines is 2. The molecular weight excluding hydrogens is 364 g/mol. The maximum Gasteiger partial charge on any atom is 0.325 e. The van der Waals surface area contributed by atoms with Gasteiger partial charge in [0.25, 0.3) is 5.56 Å². The number of para-hydroxylation sites is 1. The molecule has 5 heteroatoms. The largest absolute Gasteiger partial charge is 0.496 e. The third-order valence-electron chi connectivity index (χ3n) is 6.04. The van der Waals surface area contributed by atoms with Crippen LogP contribution in [-0.4, -0.2) is 17.1 Å². The molecule has 0 unspecified atom stereocenters. The molecule has 1 aromatic heterocycles. The van der Waals surface area contributed by atoms with E-state index in [-0.39, 0.29) is 11.5 Å². The summed E-state index contributed by atoms with van der Waals surface area (Å²) in [4.78, 5) is 30.1. The normalized spacial score (nSPS) is 19.1. The average Bonchev–Trinajstić information content (AvgIpc) is 2.76. The molecule has 0 atom stereocenters. The van der Waals surface area contributed by atoms with E-state index in [1.54, 1.807) is 7.11 Å². The van der Waals surface area contributed by atoms with Crippen molar-refractivity contribution in [1.82, 2.24) is 9.97 Å². The van der Waals surface area contributed by atoms with Crippen LogP contribution in [0.5, 0.6) is 5.75 Å². The van der Waals surface area contributed by atoms with Crippen LogP contribution in [0.3, 0.4) is 0 Å². The summed E-state index contributed by atoms with van der Waals surface area (Å²) in [5.41, 5.74) is 3.00. The standard InChI is InChI=1S/C24H26N2O3/c1-29-21-10-6-5-9-19(21)15-20-22(25-24(28)26-23(20)27)18-13-11-17(12-14-18)16-7-3-2-4-8-16/h2-10,17-18H,11-15H2,1H3,(H2,25,26,27,28). The molecule has 150 valence electrons. The maximum absolute atomic E-state index is 12.7. The number of rotatable bonds is 5. The first-order chi connectivity index (χ1) is 14.2. The van der Waals surface area contributed by atoms with Crippen LogP contribution in [0.15, 0.2) is 64.2 Å². The smallest absolute Gasteiger partial charge is 0.325 e. The minimum atomic E-state index is -0.432. The van der Waals surface area contributed by atoms with Crippen LogP contribution in [0.1, 0.15) is 59.9 Å². The molecule has 2 aromatic carbocycles. The van der Waals surface area contributed by atoms with Crippen molar-refractivity contribution in [2.45, 2.75) is 43.9 Å². The Kier molecular flexibility index (Phi) is 5.65. The van der Waals surface area contributed by atoms with E-state index in [0.717, 1.165) is 42.7 Å². The van der Waals surface area contributed by atoms with Crippen LogP contribution in [0.25, 0.3) is 0 Å². The van der Waals surface area contributed by atoms with Crippen molar-refractivity contribution in [2.24, 2.45) is 0 Å². The van der Waals surface area contributed by atoms with Gasteiger partial charge in [-0.1, -0.05) is 48.5 Å². The van der Waals surface area contributed by atoms with E-state index in [1.165, 1.54) is 5.56 Å². The molecule has 1 fully saturated rings. The van der Waals surface area contributed by atoms with Gasteiger partial charge in [-0.3, -0.25) is 9.78 Å². The van der Waals surface area contributed by atoms with Gasteiger partial charge >= 0.3 is 5.69 Å². The second-order valence-corrected chi connectivity index (χ2v) is 7.75. The first-order valence-corrected chi connectivity index (χ1v) is 10.2. The van der Waals surface area contributed by atoms with E-state index in [2.05, 4.69) is 34.2 Å². The monoisotopic (exact) mass is 390 g/mol. The fourth-order valence-electron chi connectivity index (χ4n) is 4.53. The molecule has 29 heavy (non-hydrogen) atoms. The number of hydrogen-bond acceptors (Lipinski definition) is 3. The van der Waals surface area contributed by atoms with Gasteiger partial charge in [0.05, 0.1) is 7.11 Å². The molecule has 5 nitrogen and oxygen atoms in total. The fourth-order valence-corrected chi connectivity index (χ4v) is 4.53. The third-order valence-corrected chi connectivity index (χ3v) is 6.04. The summed E-state index contributed by atoms with van der Waals surface area (Å²) in [7, 11) is 1.63. The van der Waals surface area contributed by atoms with Crippen molar-refractivity contribution in [3.05, 3.63) is 97.8 Å². The lowest BCUT2D eigenvalue weighted by Gasteiger charge is -2.29. The Bertz CT molecular complexity index is 1080. The number of aromatic nitrogens is 2. The van der Waals surface area contributed by atoms with E-state index < -0.39 is 5.69 Å². The van der Waals surface area contributed by atoms with Crippen molar-refractivity contribution < 1.29 is 4.74 Å². The highest BCUT2D eigenvalue weighted by Crippen LogP contribution is 2.40. The molecule has 0 saturated heterocycles. The molecule has 4 rings (SSSR count). The van der Waals surface area contributed by atoms with E-state index in [4.69, 9.17) is 4.74 Å². The zero-order chi connectivity index (χ0) is 20.2. The summed E-state index contributed by atoms with van der Waals surface area (Å²) in [6.07, 6.45) is 4.45. The zero-order valence-electron chi connectivity index (χ0n) is 16.6. The summed E-state index contributed by atoms with van der Waals surface area (Å²) >= 11 is 0. The van der Waals surface area contributed by atoms with E-state index in [0.29, 0.717) is 17.9 Å². The van der Waals surface area contributed by atoms with Gasteiger partial charge in [-0.25, -0.2) is 4.79 Å². The lowest BCUT2D eigenvalue weighted by molar-refractivity contribution is 0.388. The Morgan fingerprint density at radius 1 is 0.862 bits per heavy atom. The lowest BCUT2D eigenvalue weighted by atomic mass is 9.76. The highest BCUT2D eigenvalue weighted by atomic mass is 16.5. The summed E-state index contributed by atoms with van der Waals surface area (Å²) in [5, 5.41) is 0. The molecule has 1 saturated carbocycles. The Balaban J connectivity index is 1.61. The zero-order valence-corrected chi connectivity index (χ0v) is 16.6. The summed E-state index contributed by atoms with van der Waals surface area (Å²) in [6.45, 7) is 0. The number of methoxy groups -OCH3 is 1. The SMILES string of the molecule is COc1ccccc1Cc1c(C2CCC(c3ccccc3)CC2)[nH]c(=O)[nH]c1=O. The molecule has 1 aliphatic rings. The number of hydrogen-bond donors (Lipinski definition) is 2. The van der Waals surface area contributed by atoms with Crippen LogP contribution in [0.2, 0.25) is 0 Å². The van der Waals surface area contributed by atoms with Crippen molar-refractivity contribution in [1.29, 1.82) is 0 Å². The molecule has 1 aliphatic carbocycles. The van der Waals surface area contributed by atoms with E-state index >= 15 is 0 Å². The Morgan fingerprint density at radius 3 is 2.24 bits per heavy atom. The Hall–Kier alpha value is -3.08. The summed E-state index contributed by atoms with van der Waals surface area (Å²) < 4.78 is 5.45. The molecule has 1 heterocycles. The molecule has 0 radical (unpaired) electrons. The molecule has 0 aliphatic heterocycles. The van der Waals surface area contributed by atoms with Crippen molar-refractivity contribution in [2.75, 3.05) is 7.11 Å². The molecule has 3 aromatic rings. The molecule has 2 N–H and O–H groups in total. The predicted octanol–water partition coefficient (Wildman–Crippen LogP) is 4.10. The molecular formula is C24H26N2O3. The van der Waals surface area contributed by atoms with Gasteiger partial charge in [-0.05, 0) is 54.7 Å². The van der Waals surface area contributed by atoms with Gasteiger partial charge < -0.3 is 9.72 Å². The highest BCUT2D eigenvalue weighted by molar-refractivity contribution is 5.38. The van der Waals surface area contributed by atoms with Crippen molar-refractivity contribution in [3.63, 3.8) is 0 Å². The summed E-state index contributed by atoms with van der Waals surface area (Å²) in [6, 6.07) is 18.3. The molecule has 0 bridgehead atoms. The average molecular weight is 390 g/mol. The Morgan fingerprint density at radius 2 is 1.52 bits per heavy atom. The van der Waals surface area contributed by atoms with Gasteiger partial charge in [0.15, 0.2) is 0 Å². The van der Waals surface area contributed by atoms with Gasteiger partial charge in [0, 0.05) is 17.7 Å². The van der Waals surface area contributed by atoms with Crippen LogP contribution in [-0.2, 0) is 6.42 Å².